The Morgan fingerprint density at radius 2 is 1.66 bits per heavy atom. The molecule has 0 heterocycles. The van der Waals surface area contributed by atoms with Gasteiger partial charge in [0.25, 0.3) is 5.91 Å². The molecule has 5 nitrogen and oxygen atoms in total. The third-order valence-electron chi connectivity index (χ3n) is 4.76. The smallest absolute Gasteiger partial charge is 0.307 e. The largest absolute Gasteiger partial charge is 0.453 e. The zero-order valence-electron chi connectivity index (χ0n) is 16.9. The topological polar surface area (TPSA) is 72.5 Å². The maximum absolute atomic E-state index is 12.9. The summed E-state index contributed by atoms with van der Waals surface area (Å²) in [5, 5.41) is 2.81. The predicted molar refractivity (Wildman–Crippen MR) is 109 cm³/mol. The number of hydrogen-bond donors (Lipinski definition) is 1. The van der Waals surface area contributed by atoms with Gasteiger partial charge in [0.2, 0.25) is 0 Å². The molecule has 154 valence electrons. The van der Waals surface area contributed by atoms with Gasteiger partial charge in [-0.1, -0.05) is 32.0 Å². The van der Waals surface area contributed by atoms with E-state index in [4.69, 9.17) is 4.74 Å². The zero-order valence-corrected chi connectivity index (χ0v) is 16.9. The summed E-state index contributed by atoms with van der Waals surface area (Å²) in [7, 11) is 0. The fourth-order valence-corrected chi connectivity index (χ4v) is 2.80. The van der Waals surface area contributed by atoms with Gasteiger partial charge in [0, 0.05) is 17.7 Å². The molecule has 0 aromatic heterocycles. The van der Waals surface area contributed by atoms with Crippen LogP contribution < -0.4 is 5.32 Å². The molecule has 2 rings (SSSR count). The monoisotopic (exact) mass is 399 g/mol. The van der Waals surface area contributed by atoms with Crippen molar-refractivity contribution in [2.45, 2.75) is 52.1 Å². The van der Waals surface area contributed by atoms with Crippen molar-refractivity contribution in [3.05, 3.63) is 65.5 Å². The molecule has 0 bridgehead atoms. The van der Waals surface area contributed by atoms with Crippen molar-refractivity contribution in [1.82, 2.24) is 0 Å². The van der Waals surface area contributed by atoms with E-state index in [1.807, 2.05) is 24.3 Å². The van der Waals surface area contributed by atoms with Crippen LogP contribution in [0.5, 0.6) is 0 Å². The van der Waals surface area contributed by atoms with Crippen LogP contribution in [0.1, 0.15) is 61.9 Å². The number of anilines is 1. The number of rotatable bonds is 9. The highest BCUT2D eigenvalue weighted by Gasteiger charge is 2.20. The van der Waals surface area contributed by atoms with Crippen LogP contribution in [0.2, 0.25) is 0 Å². The average molecular weight is 399 g/mol. The van der Waals surface area contributed by atoms with Crippen LogP contribution in [-0.2, 0) is 14.3 Å². The number of ether oxygens (including phenoxy) is 1. The van der Waals surface area contributed by atoms with E-state index in [0.29, 0.717) is 11.3 Å². The minimum atomic E-state index is -0.992. The molecule has 0 aliphatic carbocycles. The van der Waals surface area contributed by atoms with Gasteiger partial charge in [0.15, 0.2) is 11.9 Å². The van der Waals surface area contributed by atoms with Gasteiger partial charge in [-0.25, -0.2) is 4.39 Å². The summed E-state index contributed by atoms with van der Waals surface area (Å²) in [5.74, 6) is -1.52. The van der Waals surface area contributed by atoms with Crippen molar-refractivity contribution in [2.24, 2.45) is 0 Å². The highest BCUT2D eigenvalue weighted by molar-refractivity contribution is 5.98. The van der Waals surface area contributed by atoms with Crippen LogP contribution in [0.3, 0.4) is 0 Å². The molecule has 1 N–H and O–H groups in total. The first kappa shape index (κ1) is 22.3. The summed E-state index contributed by atoms with van der Waals surface area (Å²) in [6, 6.07) is 12.6. The number of esters is 1. The standard InChI is InChI=1S/C23H26FNO4/c1-4-15(2)19-7-5-6-8-20(19)25-23(28)16(3)29-22(27)14-13-21(26)17-9-11-18(24)12-10-17/h5-12,15-16H,4,13-14H2,1-3H3,(H,25,28)/t15-,16-/m1/s1. The number of nitrogens with one attached hydrogen (secondary N) is 1. The SMILES string of the molecule is CC[C@@H](C)c1ccccc1NC(=O)[C@@H](C)OC(=O)CCC(=O)c1ccc(F)cc1. The fourth-order valence-electron chi connectivity index (χ4n) is 2.80. The van der Waals surface area contributed by atoms with Crippen molar-refractivity contribution in [2.75, 3.05) is 5.32 Å². The Hall–Kier alpha value is -3.02. The summed E-state index contributed by atoms with van der Waals surface area (Å²) in [6.45, 7) is 5.63. The molecule has 29 heavy (non-hydrogen) atoms. The number of para-hydroxylation sites is 1. The number of amides is 1. The van der Waals surface area contributed by atoms with Crippen LogP contribution in [0.15, 0.2) is 48.5 Å². The molecule has 0 spiro atoms. The van der Waals surface area contributed by atoms with E-state index in [-0.39, 0.29) is 24.5 Å². The first-order valence-electron chi connectivity index (χ1n) is 9.69. The number of carbonyl (C=O) groups excluding carboxylic acids is 3. The lowest BCUT2D eigenvalue weighted by Gasteiger charge is -2.18. The van der Waals surface area contributed by atoms with E-state index >= 15 is 0 Å². The lowest BCUT2D eigenvalue weighted by atomic mass is 9.97. The van der Waals surface area contributed by atoms with E-state index in [0.717, 1.165) is 12.0 Å². The third kappa shape index (κ3) is 6.52. The Labute approximate surface area is 170 Å². The van der Waals surface area contributed by atoms with Crippen LogP contribution in [0.25, 0.3) is 0 Å². The summed E-state index contributed by atoms with van der Waals surface area (Å²) < 4.78 is 18.1. The second kappa shape index (κ2) is 10.5. The van der Waals surface area contributed by atoms with Crippen LogP contribution in [-0.4, -0.2) is 23.8 Å². The normalized spacial score (nSPS) is 12.7. The molecule has 2 atom stereocenters. The minimum Gasteiger partial charge on any atom is -0.453 e. The van der Waals surface area contributed by atoms with Crippen molar-refractivity contribution in [3.8, 4) is 0 Å². The zero-order chi connectivity index (χ0) is 21.4. The van der Waals surface area contributed by atoms with Crippen LogP contribution >= 0.6 is 0 Å². The van der Waals surface area contributed by atoms with Crippen molar-refractivity contribution < 1.29 is 23.5 Å². The highest BCUT2D eigenvalue weighted by atomic mass is 19.1. The van der Waals surface area contributed by atoms with Crippen molar-refractivity contribution in [1.29, 1.82) is 0 Å². The van der Waals surface area contributed by atoms with Gasteiger partial charge in [0.05, 0.1) is 6.42 Å². The maximum Gasteiger partial charge on any atom is 0.307 e. The molecule has 2 aromatic rings. The van der Waals surface area contributed by atoms with Gasteiger partial charge in [-0.15, -0.1) is 0 Å². The highest BCUT2D eigenvalue weighted by Crippen LogP contribution is 2.26. The minimum absolute atomic E-state index is 0.0738. The molecule has 0 unspecified atom stereocenters. The lowest BCUT2D eigenvalue weighted by Crippen LogP contribution is -2.30. The second-order valence-corrected chi connectivity index (χ2v) is 6.95. The predicted octanol–water partition coefficient (Wildman–Crippen LogP) is 4.87. The van der Waals surface area contributed by atoms with Crippen molar-refractivity contribution in [3.63, 3.8) is 0 Å². The molecule has 0 saturated heterocycles. The molecular formula is C23H26FNO4. The number of carbonyl (C=O) groups is 3. The van der Waals surface area contributed by atoms with E-state index in [1.165, 1.54) is 31.2 Å². The lowest BCUT2D eigenvalue weighted by molar-refractivity contribution is -0.153. The molecule has 0 saturated carbocycles. The second-order valence-electron chi connectivity index (χ2n) is 6.95. The summed E-state index contributed by atoms with van der Waals surface area (Å²) in [5.41, 5.74) is 2.04. The molecule has 1 amide bonds. The Balaban J connectivity index is 1.87. The Kier molecular flexibility index (Phi) is 8.07. The van der Waals surface area contributed by atoms with E-state index in [9.17, 15) is 18.8 Å². The van der Waals surface area contributed by atoms with Gasteiger partial charge in [-0.2, -0.15) is 0 Å². The number of halogens is 1. The molecule has 0 aliphatic rings. The molecule has 6 heteroatoms. The average Bonchev–Trinajstić information content (AvgIpc) is 2.72. The van der Waals surface area contributed by atoms with Gasteiger partial charge in [0.1, 0.15) is 5.82 Å². The first-order chi connectivity index (χ1) is 13.8. The number of benzene rings is 2. The van der Waals surface area contributed by atoms with E-state index in [2.05, 4.69) is 19.2 Å². The van der Waals surface area contributed by atoms with Gasteiger partial charge >= 0.3 is 5.97 Å². The molecular weight excluding hydrogens is 373 g/mol. The summed E-state index contributed by atoms with van der Waals surface area (Å²) in [4.78, 5) is 36.5. The van der Waals surface area contributed by atoms with Gasteiger partial charge < -0.3 is 10.1 Å². The number of ketones is 1. The molecule has 0 aliphatic heterocycles. The first-order valence-corrected chi connectivity index (χ1v) is 9.69. The number of hydrogen-bond acceptors (Lipinski definition) is 4. The van der Waals surface area contributed by atoms with Gasteiger partial charge in [-0.3, -0.25) is 14.4 Å². The fraction of sp³-hybridized carbons (Fsp3) is 0.348. The Morgan fingerprint density at radius 3 is 2.31 bits per heavy atom. The van der Waals surface area contributed by atoms with Crippen LogP contribution in [0, 0.1) is 5.82 Å². The van der Waals surface area contributed by atoms with E-state index in [1.54, 1.807) is 0 Å². The van der Waals surface area contributed by atoms with Crippen molar-refractivity contribution >= 4 is 23.3 Å². The van der Waals surface area contributed by atoms with Crippen LogP contribution in [0.4, 0.5) is 10.1 Å². The number of Topliss-reactive ketones (excluding diaryl/α,β-unsaturated/α-hetero) is 1. The molecule has 0 radical (unpaired) electrons. The Morgan fingerprint density at radius 1 is 1.00 bits per heavy atom. The third-order valence-corrected chi connectivity index (χ3v) is 4.76. The Bertz CT molecular complexity index is 863. The molecule has 0 fully saturated rings. The van der Waals surface area contributed by atoms with Gasteiger partial charge in [-0.05, 0) is 55.2 Å². The quantitative estimate of drug-likeness (QED) is 0.482. The maximum atomic E-state index is 12.9. The summed E-state index contributed by atoms with van der Waals surface area (Å²) in [6.07, 6.45) is -0.291. The summed E-state index contributed by atoms with van der Waals surface area (Å²) >= 11 is 0. The molecule has 2 aromatic carbocycles. The van der Waals surface area contributed by atoms with E-state index < -0.39 is 23.8 Å².